The van der Waals surface area contributed by atoms with E-state index < -0.39 is 22.7 Å². The minimum absolute atomic E-state index is 0.155. The van der Waals surface area contributed by atoms with Crippen molar-refractivity contribution in [3.8, 4) is 6.07 Å². The molecule has 1 N–H and O–H groups in total. The molecule has 16 heteroatoms. The highest BCUT2D eigenvalue weighted by Crippen LogP contribution is 2.64. The number of nitriles is 1. The quantitative estimate of drug-likeness (QED) is 0.310. The number of nitrogens with zero attached hydrogens (tertiary/aromatic N) is 7. The van der Waals surface area contributed by atoms with Crippen molar-refractivity contribution in [1.29, 1.82) is 5.26 Å². The molecule has 2 aliphatic carbocycles. The molecule has 2 aromatic heterocycles. The van der Waals surface area contributed by atoms with E-state index in [0.29, 0.717) is 32.7 Å². The van der Waals surface area contributed by atoms with Crippen molar-refractivity contribution in [2.45, 2.75) is 84.0 Å². The van der Waals surface area contributed by atoms with Crippen molar-refractivity contribution < 1.29 is 28.6 Å². The van der Waals surface area contributed by atoms with Crippen molar-refractivity contribution in [2.24, 2.45) is 23.7 Å². The van der Waals surface area contributed by atoms with Crippen molar-refractivity contribution in [2.75, 3.05) is 32.7 Å². The van der Waals surface area contributed by atoms with E-state index in [0.717, 1.165) is 25.6 Å². The van der Waals surface area contributed by atoms with E-state index in [2.05, 4.69) is 31.8 Å². The first-order valence-electron chi connectivity index (χ1n) is 17.4. The van der Waals surface area contributed by atoms with E-state index in [9.17, 15) is 19.6 Å². The molecule has 52 heavy (non-hydrogen) atoms. The van der Waals surface area contributed by atoms with Crippen molar-refractivity contribution in [3.63, 3.8) is 0 Å². The molecule has 7 rings (SSSR count). The summed E-state index contributed by atoms with van der Waals surface area (Å²) in [7, 11) is 0. The normalized spacial score (nSPS) is 27.0. The van der Waals surface area contributed by atoms with Crippen LogP contribution in [0.25, 0.3) is 0 Å². The summed E-state index contributed by atoms with van der Waals surface area (Å²) in [5.74, 6) is 0.730. The number of nitrogens with one attached hydrogen (secondary N) is 1. The van der Waals surface area contributed by atoms with Gasteiger partial charge in [0.2, 0.25) is 0 Å². The number of benzene rings is 1. The molecule has 2 saturated carbocycles. The van der Waals surface area contributed by atoms with Crippen LogP contribution in [0.2, 0.25) is 0 Å². The molecular formula is C36H46N8O6S2. The van der Waals surface area contributed by atoms with Gasteiger partial charge >= 0.3 is 18.3 Å². The van der Waals surface area contributed by atoms with Crippen LogP contribution in [0.3, 0.4) is 0 Å². The number of amides is 3. The highest BCUT2D eigenvalue weighted by atomic mass is 32.1. The van der Waals surface area contributed by atoms with Gasteiger partial charge in [-0.05, 0) is 72.8 Å². The molecule has 3 aromatic rings. The van der Waals surface area contributed by atoms with Gasteiger partial charge in [-0.1, -0.05) is 30.3 Å². The van der Waals surface area contributed by atoms with Crippen LogP contribution >= 0.6 is 22.7 Å². The molecule has 3 amide bonds. The fourth-order valence-corrected chi connectivity index (χ4v) is 9.41. The van der Waals surface area contributed by atoms with Crippen molar-refractivity contribution in [1.82, 2.24) is 35.5 Å². The molecule has 0 spiro atoms. The molecular weight excluding hydrogens is 705 g/mol. The van der Waals surface area contributed by atoms with Gasteiger partial charge in [0.05, 0.1) is 11.5 Å². The molecule has 0 bridgehead atoms. The summed E-state index contributed by atoms with van der Waals surface area (Å²) in [6.07, 6.45) is -1.05. The van der Waals surface area contributed by atoms with Crippen LogP contribution < -0.4 is 5.32 Å². The summed E-state index contributed by atoms with van der Waals surface area (Å²) in [6, 6.07) is 12.0. The molecule has 2 unspecified atom stereocenters. The monoisotopic (exact) mass is 750 g/mol. The maximum absolute atomic E-state index is 12.5. The Hall–Kier alpha value is -4.36. The Morgan fingerprint density at radius 1 is 0.808 bits per heavy atom. The Balaban J connectivity index is 0.000000192. The SMILES string of the molecule is Cc1nnc(C2(C#N)[C@@H]3CN(C(=O)OC(C)(C)C)C[C@@H]32)s1.Cc1nnc(C2(CNC(=O)OCc3ccccc3)[C@@H]3CN(C(=O)OC(C)(C)C)C[C@@H]32)s1. The van der Waals surface area contributed by atoms with E-state index in [-0.39, 0.29) is 47.9 Å². The predicted octanol–water partition coefficient (Wildman–Crippen LogP) is 5.61. The fourth-order valence-electron chi connectivity index (χ4n) is 7.44. The lowest BCUT2D eigenvalue weighted by Crippen LogP contribution is -2.42. The van der Waals surface area contributed by atoms with Gasteiger partial charge in [-0.2, -0.15) is 5.26 Å². The zero-order valence-electron chi connectivity index (χ0n) is 30.8. The number of hydrogen-bond donors (Lipinski definition) is 1. The number of rotatable bonds is 6. The summed E-state index contributed by atoms with van der Waals surface area (Å²) in [5, 5.41) is 32.7. The van der Waals surface area contributed by atoms with Gasteiger partial charge in [0, 0.05) is 44.6 Å². The summed E-state index contributed by atoms with van der Waals surface area (Å²) >= 11 is 3.03. The van der Waals surface area contributed by atoms with Crippen LogP contribution in [0.5, 0.6) is 0 Å². The minimum Gasteiger partial charge on any atom is -0.445 e. The Morgan fingerprint density at radius 3 is 1.73 bits per heavy atom. The third-order valence-electron chi connectivity index (χ3n) is 9.95. The average molecular weight is 751 g/mol. The van der Waals surface area contributed by atoms with Crippen LogP contribution in [-0.2, 0) is 31.6 Å². The molecule has 4 aliphatic rings. The van der Waals surface area contributed by atoms with Crippen molar-refractivity contribution >= 4 is 41.0 Å². The number of carbonyl (C=O) groups excluding carboxylic acids is 3. The number of carbonyl (C=O) groups is 3. The molecule has 2 saturated heterocycles. The lowest BCUT2D eigenvalue weighted by Gasteiger charge is -2.28. The largest absolute Gasteiger partial charge is 0.445 e. The predicted molar refractivity (Wildman–Crippen MR) is 192 cm³/mol. The summed E-state index contributed by atoms with van der Waals surface area (Å²) in [5.41, 5.74) is -0.933. The first kappa shape index (κ1) is 37.4. The summed E-state index contributed by atoms with van der Waals surface area (Å²) in [6.45, 7) is 17.9. The first-order valence-corrected chi connectivity index (χ1v) is 19.0. The number of ether oxygens (including phenoxy) is 3. The molecule has 4 heterocycles. The standard InChI is InChI=1S/C22H28N4O4S.C14H18N4O2S/c1-14-24-25-18(31-14)22(13-23-19(27)29-12-15-8-6-5-7-9-15)16-10-26(11-17(16)22)20(28)30-21(2,3)4;1-8-16-17-11(21-8)14(7-15)9-5-18(6-10(9)14)12(19)20-13(2,3)4/h5-9,16-17H,10-13H2,1-4H3,(H,23,27);9-10H,5-6H2,1-4H3/t16-,17+,22?;9-,10+,14?. The van der Waals surface area contributed by atoms with Crippen LogP contribution in [0.1, 0.15) is 67.1 Å². The number of aromatic nitrogens is 4. The number of hydrogen-bond acceptors (Lipinski definition) is 13. The number of fused-ring (bicyclic) bond motifs is 2. The molecule has 278 valence electrons. The summed E-state index contributed by atoms with van der Waals surface area (Å²) < 4.78 is 16.3. The molecule has 1 aromatic carbocycles. The number of alkyl carbamates (subject to hydrolysis) is 1. The fraction of sp³-hybridized carbons (Fsp3) is 0.611. The van der Waals surface area contributed by atoms with Gasteiger partial charge in [-0.3, -0.25) is 0 Å². The van der Waals surface area contributed by atoms with Gasteiger partial charge in [-0.15, -0.1) is 43.1 Å². The second kappa shape index (κ2) is 13.9. The van der Waals surface area contributed by atoms with Gasteiger partial charge in [0.15, 0.2) is 0 Å². The van der Waals surface area contributed by atoms with Crippen LogP contribution in [0.15, 0.2) is 30.3 Å². The van der Waals surface area contributed by atoms with Gasteiger partial charge in [-0.25, -0.2) is 14.4 Å². The Kier molecular flexibility index (Phi) is 9.99. The highest BCUT2D eigenvalue weighted by molar-refractivity contribution is 7.11. The topological polar surface area (TPSA) is 173 Å². The van der Waals surface area contributed by atoms with E-state index in [1.54, 1.807) is 21.1 Å². The zero-order valence-corrected chi connectivity index (χ0v) is 32.5. The highest BCUT2D eigenvalue weighted by Gasteiger charge is 2.73. The maximum atomic E-state index is 12.5. The molecule has 0 radical (unpaired) electrons. The lowest BCUT2D eigenvalue weighted by atomic mass is 10.0. The molecule has 14 nitrogen and oxygen atoms in total. The van der Waals surface area contributed by atoms with Crippen LogP contribution in [0.4, 0.5) is 14.4 Å². The summed E-state index contributed by atoms with van der Waals surface area (Å²) in [4.78, 5) is 40.3. The Morgan fingerprint density at radius 2 is 1.29 bits per heavy atom. The molecule has 2 aliphatic heterocycles. The van der Waals surface area contributed by atoms with E-state index in [1.165, 1.54) is 11.3 Å². The molecule has 4 fully saturated rings. The van der Waals surface area contributed by atoms with Gasteiger partial charge in [0.1, 0.15) is 43.3 Å². The molecule has 6 atom stereocenters. The average Bonchev–Trinajstić information content (AvgIpc) is 3.54. The van der Waals surface area contributed by atoms with Crippen LogP contribution in [0, 0.1) is 48.9 Å². The Labute approximate surface area is 311 Å². The van der Waals surface area contributed by atoms with E-state index >= 15 is 0 Å². The van der Waals surface area contributed by atoms with E-state index in [1.807, 2.05) is 85.7 Å². The number of piperidine rings is 2. The minimum atomic E-state index is -0.537. The maximum Gasteiger partial charge on any atom is 0.410 e. The first-order chi connectivity index (χ1) is 24.5. The zero-order chi connectivity index (χ0) is 37.6. The Bertz CT molecular complexity index is 1820. The number of likely N-dealkylation sites (tertiary alicyclic amines) is 2. The van der Waals surface area contributed by atoms with E-state index in [4.69, 9.17) is 14.2 Å². The number of aryl methyl sites for hydroxylation is 2. The van der Waals surface area contributed by atoms with Gasteiger partial charge < -0.3 is 29.3 Å². The third-order valence-corrected chi connectivity index (χ3v) is 12.0. The smallest absolute Gasteiger partial charge is 0.410 e. The van der Waals surface area contributed by atoms with Crippen molar-refractivity contribution in [3.05, 3.63) is 55.9 Å². The second-order valence-electron chi connectivity index (χ2n) is 15.9. The van der Waals surface area contributed by atoms with Crippen LogP contribution in [-0.4, -0.2) is 92.4 Å². The lowest BCUT2D eigenvalue weighted by molar-refractivity contribution is 0.0252. The third kappa shape index (κ3) is 7.57. The second-order valence-corrected chi connectivity index (χ2v) is 18.2. The van der Waals surface area contributed by atoms with Gasteiger partial charge in [0.25, 0.3) is 0 Å².